The molecule has 4 rings (SSSR count). The van der Waals surface area contributed by atoms with Crippen LogP contribution in [0.5, 0.6) is 0 Å². The Kier molecular flexibility index (Phi) is 5.88. The highest BCUT2D eigenvalue weighted by atomic mass is 32.2. The van der Waals surface area contributed by atoms with Crippen LogP contribution in [0.4, 0.5) is 0 Å². The van der Waals surface area contributed by atoms with E-state index < -0.39 is 28.5 Å². The Balaban J connectivity index is 1.40. The van der Waals surface area contributed by atoms with E-state index >= 15 is 0 Å². The first kappa shape index (κ1) is 21.2. The number of amides is 2. The minimum absolute atomic E-state index is 0.0853. The van der Waals surface area contributed by atoms with Crippen LogP contribution in [0.15, 0.2) is 53.4 Å². The number of nitrogens with zero attached hydrogens (tertiary/aromatic N) is 2. The second kappa shape index (κ2) is 8.60. The van der Waals surface area contributed by atoms with Gasteiger partial charge in [-0.1, -0.05) is 24.3 Å². The van der Waals surface area contributed by atoms with Crippen LogP contribution in [0, 0.1) is 0 Å². The Morgan fingerprint density at radius 2 is 1.65 bits per heavy atom. The van der Waals surface area contributed by atoms with Crippen LogP contribution < -0.4 is 0 Å². The molecule has 1 saturated heterocycles. The molecule has 0 N–H and O–H groups in total. The van der Waals surface area contributed by atoms with Crippen molar-refractivity contribution in [2.75, 3.05) is 19.7 Å². The Hall–Kier alpha value is -3.04. The molecule has 2 aliphatic heterocycles. The molecule has 1 fully saturated rings. The summed E-state index contributed by atoms with van der Waals surface area (Å²) in [6, 6.07) is 13.2. The predicted octanol–water partition coefficient (Wildman–Crippen LogP) is 1.74. The van der Waals surface area contributed by atoms with E-state index in [4.69, 9.17) is 4.74 Å². The van der Waals surface area contributed by atoms with Crippen molar-refractivity contribution in [3.8, 4) is 0 Å². The van der Waals surface area contributed by atoms with Crippen molar-refractivity contribution in [3.05, 3.63) is 65.2 Å². The molecule has 0 aromatic heterocycles. The lowest BCUT2D eigenvalue weighted by atomic mass is 10.0. The summed E-state index contributed by atoms with van der Waals surface area (Å²) in [5.41, 5.74) is 2.26. The number of hydrogen-bond acceptors (Lipinski definition) is 6. The van der Waals surface area contributed by atoms with Gasteiger partial charge in [0.1, 0.15) is 0 Å². The molecule has 0 saturated carbocycles. The van der Waals surface area contributed by atoms with Crippen LogP contribution in [-0.2, 0) is 37.3 Å². The molecule has 162 valence electrons. The molecule has 8 nitrogen and oxygen atoms in total. The van der Waals surface area contributed by atoms with Crippen molar-refractivity contribution in [2.24, 2.45) is 0 Å². The van der Waals surface area contributed by atoms with Gasteiger partial charge in [0.2, 0.25) is 15.9 Å². The van der Waals surface area contributed by atoms with Crippen LogP contribution in [0.2, 0.25) is 0 Å². The molecule has 0 spiro atoms. The lowest BCUT2D eigenvalue weighted by Gasteiger charge is -2.28. The van der Waals surface area contributed by atoms with Crippen LogP contribution in [0.3, 0.4) is 0 Å². The third-order valence-electron chi connectivity index (χ3n) is 5.52. The van der Waals surface area contributed by atoms with Crippen molar-refractivity contribution in [1.82, 2.24) is 9.21 Å². The van der Waals surface area contributed by atoms with Crippen LogP contribution in [-0.4, -0.2) is 55.1 Å². The number of fused-ring (bicyclic) bond motifs is 1. The average Bonchev–Trinajstić information content (AvgIpc) is 3.23. The third kappa shape index (κ3) is 4.38. The fourth-order valence-corrected chi connectivity index (χ4v) is 5.21. The summed E-state index contributed by atoms with van der Waals surface area (Å²) in [6.07, 6.45) is 1.57. The van der Waals surface area contributed by atoms with Gasteiger partial charge in [0.25, 0.3) is 5.91 Å². The summed E-state index contributed by atoms with van der Waals surface area (Å²) in [5.74, 6) is -1.58. The molecule has 0 aliphatic carbocycles. The van der Waals surface area contributed by atoms with E-state index in [1.54, 1.807) is 0 Å². The molecule has 31 heavy (non-hydrogen) atoms. The lowest BCUT2D eigenvalue weighted by molar-refractivity contribution is -0.143. The van der Waals surface area contributed by atoms with E-state index in [-0.39, 0.29) is 16.4 Å². The molecule has 2 heterocycles. The van der Waals surface area contributed by atoms with Gasteiger partial charge in [-0.25, -0.2) is 13.2 Å². The largest absolute Gasteiger partial charge is 0.452 e. The quantitative estimate of drug-likeness (QED) is 0.654. The Morgan fingerprint density at radius 3 is 2.32 bits per heavy atom. The minimum Gasteiger partial charge on any atom is -0.452 e. The SMILES string of the molecule is O=C(OCC(=O)N1CCCC1=O)c1ccc(S(=O)(=O)N2CCc3ccccc3C2)cc1. The summed E-state index contributed by atoms with van der Waals surface area (Å²) in [4.78, 5) is 36.9. The molecule has 0 atom stereocenters. The number of hydrogen-bond donors (Lipinski definition) is 0. The summed E-state index contributed by atoms with van der Waals surface area (Å²) < 4.78 is 32.4. The Labute approximate surface area is 180 Å². The lowest BCUT2D eigenvalue weighted by Crippen LogP contribution is -2.36. The average molecular weight is 442 g/mol. The highest BCUT2D eigenvalue weighted by Crippen LogP contribution is 2.25. The summed E-state index contributed by atoms with van der Waals surface area (Å²) in [6.45, 7) is 0.501. The Morgan fingerprint density at radius 1 is 0.935 bits per heavy atom. The molecule has 0 unspecified atom stereocenters. The molecule has 2 aromatic carbocycles. The molecule has 2 amide bonds. The maximum Gasteiger partial charge on any atom is 0.338 e. The zero-order chi connectivity index (χ0) is 22.0. The monoisotopic (exact) mass is 442 g/mol. The number of carbonyl (C=O) groups is 3. The van der Waals surface area contributed by atoms with E-state index in [1.807, 2.05) is 24.3 Å². The van der Waals surface area contributed by atoms with E-state index in [0.717, 1.165) is 16.0 Å². The van der Waals surface area contributed by atoms with Crippen molar-refractivity contribution < 1.29 is 27.5 Å². The number of sulfonamides is 1. The van der Waals surface area contributed by atoms with Gasteiger partial charge in [0, 0.05) is 26.1 Å². The molecular weight excluding hydrogens is 420 g/mol. The minimum atomic E-state index is -3.71. The zero-order valence-corrected chi connectivity index (χ0v) is 17.6. The molecule has 2 aromatic rings. The van der Waals surface area contributed by atoms with Crippen molar-refractivity contribution in [2.45, 2.75) is 30.7 Å². The maximum absolute atomic E-state index is 13.0. The molecule has 0 bridgehead atoms. The van der Waals surface area contributed by atoms with E-state index in [2.05, 4.69) is 0 Å². The van der Waals surface area contributed by atoms with Gasteiger partial charge in [-0.05, 0) is 48.2 Å². The first-order valence-electron chi connectivity index (χ1n) is 10.0. The van der Waals surface area contributed by atoms with Gasteiger partial charge >= 0.3 is 5.97 Å². The van der Waals surface area contributed by atoms with Gasteiger partial charge in [-0.15, -0.1) is 0 Å². The fourth-order valence-electron chi connectivity index (χ4n) is 3.79. The predicted molar refractivity (Wildman–Crippen MR) is 110 cm³/mol. The second-order valence-corrected chi connectivity index (χ2v) is 9.44. The van der Waals surface area contributed by atoms with Gasteiger partial charge < -0.3 is 4.74 Å². The van der Waals surface area contributed by atoms with Gasteiger partial charge in [0.05, 0.1) is 10.5 Å². The van der Waals surface area contributed by atoms with Gasteiger partial charge in [-0.3, -0.25) is 14.5 Å². The van der Waals surface area contributed by atoms with E-state index in [1.165, 1.54) is 28.6 Å². The highest BCUT2D eigenvalue weighted by molar-refractivity contribution is 7.89. The van der Waals surface area contributed by atoms with Crippen LogP contribution in [0.25, 0.3) is 0 Å². The number of likely N-dealkylation sites (tertiary alicyclic amines) is 1. The smallest absolute Gasteiger partial charge is 0.338 e. The first-order valence-corrected chi connectivity index (χ1v) is 11.5. The number of carbonyl (C=O) groups excluding carboxylic acids is 3. The van der Waals surface area contributed by atoms with Gasteiger partial charge in [0.15, 0.2) is 6.61 Å². The normalized spacial score (nSPS) is 16.8. The number of esters is 1. The second-order valence-electron chi connectivity index (χ2n) is 7.50. The third-order valence-corrected chi connectivity index (χ3v) is 7.38. The fraction of sp³-hybridized carbons (Fsp3) is 0.318. The van der Waals surface area contributed by atoms with Crippen molar-refractivity contribution >= 4 is 27.8 Å². The summed E-state index contributed by atoms with van der Waals surface area (Å²) >= 11 is 0. The number of ether oxygens (including phenoxy) is 1. The maximum atomic E-state index is 13.0. The molecule has 0 radical (unpaired) electrons. The number of rotatable bonds is 5. The topological polar surface area (TPSA) is 101 Å². The first-order chi connectivity index (χ1) is 14.9. The van der Waals surface area contributed by atoms with Crippen molar-refractivity contribution in [3.63, 3.8) is 0 Å². The Bertz CT molecular complexity index is 1130. The summed E-state index contributed by atoms with van der Waals surface area (Å²) in [5, 5.41) is 0. The zero-order valence-electron chi connectivity index (χ0n) is 16.8. The van der Waals surface area contributed by atoms with Crippen LogP contribution >= 0.6 is 0 Å². The standard InChI is InChI=1S/C22H22N2O6S/c25-20-6-3-12-24(20)21(26)15-30-22(27)17-7-9-19(10-8-17)31(28,29)23-13-11-16-4-1-2-5-18(16)14-23/h1-2,4-5,7-10H,3,6,11-15H2. The molecular formula is C22H22N2O6S. The highest BCUT2D eigenvalue weighted by Gasteiger charge is 2.29. The van der Waals surface area contributed by atoms with Crippen LogP contribution in [0.1, 0.15) is 34.3 Å². The van der Waals surface area contributed by atoms with Crippen molar-refractivity contribution in [1.29, 1.82) is 0 Å². The number of imide groups is 1. The summed E-state index contributed by atoms with van der Waals surface area (Å²) in [7, 11) is -3.71. The van der Waals surface area contributed by atoms with E-state index in [9.17, 15) is 22.8 Å². The number of benzene rings is 2. The molecule has 9 heteroatoms. The molecule has 2 aliphatic rings. The van der Waals surface area contributed by atoms with E-state index in [0.29, 0.717) is 38.9 Å². The van der Waals surface area contributed by atoms with Gasteiger partial charge in [-0.2, -0.15) is 4.31 Å².